The monoisotopic (exact) mass is 538 g/mol. The van der Waals surface area contributed by atoms with Crippen molar-refractivity contribution in [3.05, 3.63) is 35.0 Å². The number of rotatable bonds is 8. The van der Waals surface area contributed by atoms with E-state index in [1.807, 2.05) is 19.9 Å². The van der Waals surface area contributed by atoms with E-state index in [1.165, 1.54) is 0 Å². The van der Waals surface area contributed by atoms with Gasteiger partial charge in [0.2, 0.25) is 0 Å². The Bertz CT molecular complexity index is 1160. The number of aliphatic hydroxyl groups excluding tert-OH is 2. The summed E-state index contributed by atoms with van der Waals surface area (Å²) >= 11 is 6.20. The van der Waals surface area contributed by atoms with Gasteiger partial charge in [-0.3, -0.25) is 14.7 Å². The molecule has 2 aliphatic rings. The number of aromatic nitrogens is 1. The Labute approximate surface area is 217 Å². The number of hydrogen-bond acceptors (Lipinski definition) is 9. The zero-order chi connectivity index (χ0) is 27.7. The second kappa shape index (κ2) is 11.2. The SMILES string of the molecule is CC(C)(O)CN1CC2C(CNC(=O)c3cc(Cl)c(N)c4cccnc34)C2C1.O=C(O)[C@H](O)[C@@H](O)C(=O)O. The molecule has 0 spiro atoms. The van der Waals surface area contributed by atoms with Crippen LogP contribution in [-0.4, -0.2) is 97.3 Å². The molecule has 12 nitrogen and oxygen atoms in total. The number of fused-ring (bicyclic) bond motifs is 2. The minimum absolute atomic E-state index is 0.168. The van der Waals surface area contributed by atoms with Gasteiger partial charge in [0, 0.05) is 37.8 Å². The topological polar surface area (TPSA) is 207 Å². The molecule has 37 heavy (non-hydrogen) atoms. The third-order valence-electron chi connectivity index (χ3n) is 6.49. The van der Waals surface area contributed by atoms with Crippen molar-refractivity contribution in [3.8, 4) is 0 Å². The number of carboxylic acids is 2. The minimum atomic E-state index is -2.27. The van der Waals surface area contributed by atoms with Gasteiger partial charge in [0.15, 0.2) is 12.2 Å². The molecular weight excluding hydrogens is 508 g/mol. The van der Waals surface area contributed by atoms with Crippen molar-refractivity contribution in [2.24, 2.45) is 17.8 Å². The normalized spacial score (nSPS) is 22.4. The van der Waals surface area contributed by atoms with Crippen molar-refractivity contribution >= 4 is 46.0 Å². The number of nitrogens with two attached hydrogens (primary N) is 1. The number of carboxylic acid groups (broad SMARTS) is 2. The molecular formula is C24H31ClN4O8. The maximum atomic E-state index is 12.7. The highest BCUT2D eigenvalue weighted by molar-refractivity contribution is 6.35. The zero-order valence-electron chi connectivity index (χ0n) is 20.3. The van der Waals surface area contributed by atoms with E-state index < -0.39 is 29.7 Å². The van der Waals surface area contributed by atoms with Gasteiger partial charge in [0.25, 0.3) is 5.91 Å². The van der Waals surface area contributed by atoms with E-state index in [4.69, 9.17) is 37.8 Å². The number of aliphatic hydroxyl groups is 3. The number of piperidine rings is 1. The lowest BCUT2D eigenvalue weighted by Gasteiger charge is -2.27. The molecule has 2 heterocycles. The van der Waals surface area contributed by atoms with Crippen LogP contribution in [0.25, 0.3) is 10.9 Å². The number of nitrogen functional groups attached to an aromatic ring is 1. The number of benzene rings is 1. The molecule has 1 aromatic heterocycles. The van der Waals surface area contributed by atoms with Gasteiger partial charge in [0.1, 0.15) is 0 Å². The molecule has 1 saturated heterocycles. The van der Waals surface area contributed by atoms with Gasteiger partial charge in [-0.15, -0.1) is 0 Å². The fourth-order valence-corrected chi connectivity index (χ4v) is 4.91. The van der Waals surface area contributed by atoms with E-state index in [1.54, 1.807) is 18.3 Å². The van der Waals surface area contributed by atoms with E-state index in [-0.39, 0.29) is 5.91 Å². The largest absolute Gasteiger partial charge is 0.479 e. The van der Waals surface area contributed by atoms with Gasteiger partial charge < -0.3 is 36.6 Å². The van der Waals surface area contributed by atoms with Crippen molar-refractivity contribution in [3.63, 3.8) is 0 Å². The Morgan fingerprint density at radius 2 is 1.76 bits per heavy atom. The molecule has 4 atom stereocenters. The van der Waals surface area contributed by atoms with Crippen molar-refractivity contribution in [2.45, 2.75) is 31.7 Å². The first-order chi connectivity index (χ1) is 17.2. The molecule has 13 heteroatoms. The van der Waals surface area contributed by atoms with Crippen LogP contribution in [-0.2, 0) is 9.59 Å². The van der Waals surface area contributed by atoms with Crippen LogP contribution in [0.15, 0.2) is 24.4 Å². The number of nitrogens with zero attached hydrogens (tertiary/aromatic N) is 2. The maximum Gasteiger partial charge on any atom is 0.335 e. The van der Waals surface area contributed by atoms with Crippen LogP contribution in [0, 0.1) is 17.8 Å². The Morgan fingerprint density at radius 1 is 1.19 bits per heavy atom. The number of hydrogen-bond donors (Lipinski definition) is 7. The molecule has 202 valence electrons. The smallest absolute Gasteiger partial charge is 0.335 e. The number of likely N-dealkylation sites (tertiary alicyclic amines) is 1. The lowest BCUT2D eigenvalue weighted by Crippen LogP contribution is -2.39. The molecule has 8 N–H and O–H groups in total. The molecule has 1 saturated carbocycles. The average Bonchev–Trinajstić information content (AvgIpc) is 3.28. The van der Waals surface area contributed by atoms with Crippen molar-refractivity contribution in [1.29, 1.82) is 0 Å². The summed E-state index contributed by atoms with van der Waals surface area (Å²) in [7, 11) is 0. The van der Waals surface area contributed by atoms with E-state index in [0.29, 0.717) is 58.0 Å². The second-order valence-electron chi connectivity index (χ2n) is 9.99. The molecule has 1 aliphatic heterocycles. The van der Waals surface area contributed by atoms with E-state index in [0.717, 1.165) is 13.1 Å². The quantitative estimate of drug-likeness (QED) is 0.223. The van der Waals surface area contributed by atoms with Crippen molar-refractivity contribution < 1.29 is 39.9 Å². The zero-order valence-corrected chi connectivity index (χ0v) is 21.1. The molecule has 2 aromatic rings. The van der Waals surface area contributed by atoms with Gasteiger partial charge in [-0.05, 0) is 49.8 Å². The Kier molecular flexibility index (Phi) is 8.60. The maximum absolute atomic E-state index is 12.7. The summed E-state index contributed by atoms with van der Waals surface area (Å²) in [6.45, 7) is 7.01. The lowest BCUT2D eigenvalue weighted by molar-refractivity contribution is -0.165. The van der Waals surface area contributed by atoms with Crippen LogP contribution in [0.5, 0.6) is 0 Å². The van der Waals surface area contributed by atoms with Gasteiger partial charge in [-0.2, -0.15) is 0 Å². The molecule has 1 amide bonds. The molecule has 1 aromatic carbocycles. The Morgan fingerprint density at radius 3 is 2.27 bits per heavy atom. The Balaban J connectivity index is 0.000000325. The molecule has 1 aliphatic carbocycles. The highest BCUT2D eigenvalue weighted by atomic mass is 35.5. The number of anilines is 1. The first kappa shape index (κ1) is 28.5. The third-order valence-corrected chi connectivity index (χ3v) is 6.80. The number of β-amino-alcohol motifs (C(OH)–C–C–N with tert-alkyl or cyclic N) is 1. The minimum Gasteiger partial charge on any atom is -0.479 e. The summed E-state index contributed by atoms with van der Waals surface area (Å²) in [5, 5.41) is 46.6. The van der Waals surface area contributed by atoms with Crippen LogP contribution in [0.1, 0.15) is 24.2 Å². The summed E-state index contributed by atoms with van der Waals surface area (Å²) in [6.07, 6.45) is -2.88. The summed E-state index contributed by atoms with van der Waals surface area (Å²) in [6, 6.07) is 5.20. The number of carbonyl (C=O) groups is 3. The molecule has 2 fully saturated rings. The van der Waals surface area contributed by atoms with Crippen LogP contribution in [0.2, 0.25) is 5.02 Å². The van der Waals surface area contributed by atoms with E-state index >= 15 is 0 Å². The highest BCUT2D eigenvalue weighted by Crippen LogP contribution is 2.51. The van der Waals surface area contributed by atoms with Gasteiger partial charge in [0.05, 0.1) is 27.4 Å². The first-order valence-electron chi connectivity index (χ1n) is 11.6. The fourth-order valence-electron chi connectivity index (χ4n) is 4.70. The number of carbonyl (C=O) groups excluding carboxylic acids is 1. The van der Waals surface area contributed by atoms with Crippen LogP contribution in [0.4, 0.5) is 5.69 Å². The van der Waals surface area contributed by atoms with Gasteiger partial charge in [-0.25, -0.2) is 9.59 Å². The number of halogens is 1. The van der Waals surface area contributed by atoms with Crippen LogP contribution in [0.3, 0.4) is 0 Å². The number of aliphatic carboxylic acids is 2. The lowest BCUT2D eigenvalue weighted by atomic mass is 10.1. The number of nitrogens with one attached hydrogen (secondary N) is 1. The van der Waals surface area contributed by atoms with Crippen molar-refractivity contribution in [1.82, 2.24) is 15.2 Å². The predicted octanol–water partition coefficient (Wildman–Crippen LogP) is 0.0263. The molecule has 0 radical (unpaired) electrons. The highest BCUT2D eigenvalue weighted by Gasteiger charge is 2.55. The predicted molar refractivity (Wildman–Crippen MR) is 134 cm³/mol. The molecule has 0 bridgehead atoms. The third kappa shape index (κ3) is 6.84. The van der Waals surface area contributed by atoms with Crippen LogP contribution >= 0.6 is 11.6 Å². The summed E-state index contributed by atoms with van der Waals surface area (Å²) in [5.41, 5.74) is 6.82. The van der Waals surface area contributed by atoms with Gasteiger partial charge >= 0.3 is 11.9 Å². The van der Waals surface area contributed by atoms with Crippen LogP contribution < -0.4 is 11.1 Å². The number of amides is 1. The summed E-state index contributed by atoms with van der Waals surface area (Å²) in [4.78, 5) is 38.9. The summed E-state index contributed by atoms with van der Waals surface area (Å²) < 4.78 is 0. The Hall–Kier alpha value is -3.03. The first-order valence-corrected chi connectivity index (χ1v) is 12.0. The molecule has 4 rings (SSSR count). The van der Waals surface area contributed by atoms with Gasteiger partial charge in [-0.1, -0.05) is 11.6 Å². The van der Waals surface area contributed by atoms with E-state index in [9.17, 15) is 19.5 Å². The van der Waals surface area contributed by atoms with E-state index in [2.05, 4.69) is 15.2 Å². The summed E-state index contributed by atoms with van der Waals surface area (Å²) in [5.74, 6) is -1.98. The number of pyridine rings is 1. The standard InChI is InChI=1S/C20H25ClN4O2.C4H6O6/c1-20(2,27)10-25-8-14-13(15(14)9-25)7-24-19(26)12-6-16(21)17(22)11-4-3-5-23-18(11)12;5-1(3(7)8)2(6)4(9)10/h3-6,13-15,27H,7-10,22H2,1-2H3,(H,24,26);1-2,5-6H,(H,7,8)(H,9,10)/t;1-,2-/m.1/s1. The fraction of sp³-hybridized carbons (Fsp3) is 0.500. The molecule has 2 unspecified atom stereocenters. The van der Waals surface area contributed by atoms with Crippen molar-refractivity contribution in [2.75, 3.05) is 31.9 Å². The average molecular weight is 539 g/mol. The second-order valence-corrected chi connectivity index (χ2v) is 10.4.